The van der Waals surface area contributed by atoms with Gasteiger partial charge in [-0.2, -0.15) is 0 Å². The molecule has 3 saturated carbocycles. The average Bonchev–Trinajstić information content (AvgIpc) is 3.38. The summed E-state index contributed by atoms with van der Waals surface area (Å²) in [6.45, 7) is 5.10. The molecule has 0 spiro atoms. The van der Waals surface area contributed by atoms with E-state index in [9.17, 15) is 45.6 Å². The number of ether oxygens (including phenoxy) is 4. The van der Waals surface area contributed by atoms with Crippen molar-refractivity contribution in [3.05, 3.63) is 46.0 Å². The Morgan fingerprint density at radius 2 is 1.62 bits per heavy atom. The molecule has 4 aliphatic carbocycles. The van der Waals surface area contributed by atoms with Gasteiger partial charge in [0.25, 0.3) is 0 Å². The Bertz CT molecular complexity index is 1460. The van der Waals surface area contributed by atoms with Crippen LogP contribution in [-0.2, 0) is 18.9 Å². The largest absolute Gasteiger partial charge is 0.431 e. The molecule has 50 heavy (non-hydrogen) atoms. The van der Waals surface area contributed by atoms with Crippen molar-refractivity contribution in [1.82, 2.24) is 0 Å². The van der Waals surface area contributed by atoms with Gasteiger partial charge in [0.1, 0.15) is 42.7 Å². The lowest BCUT2D eigenvalue weighted by Crippen LogP contribution is -2.65. The van der Waals surface area contributed by atoms with Crippen molar-refractivity contribution in [1.29, 1.82) is 0 Å². The van der Waals surface area contributed by atoms with Crippen molar-refractivity contribution in [2.45, 2.75) is 151 Å². The van der Waals surface area contributed by atoms with Gasteiger partial charge in [0, 0.05) is 11.5 Å². The Hall–Kier alpha value is -1.79. The van der Waals surface area contributed by atoms with E-state index in [4.69, 9.17) is 23.4 Å². The fourth-order valence-corrected chi connectivity index (χ4v) is 10.6. The molecule has 0 amide bonds. The highest BCUT2D eigenvalue weighted by Crippen LogP contribution is 2.70. The fraction of sp³-hybridized carbons (Fsp3) is 0.806. The molecule has 1 aromatic rings. The zero-order valence-electron chi connectivity index (χ0n) is 28.7. The van der Waals surface area contributed by atoms with Gasteiger partial charge in [0.2, 0.25) is 0 Å². The predicted octanol–water partition coefficient (Wildman–Crippen LogP) is -0.191. The van der Waals surface area contributed by atoms with Crippen molar-refractivity contribution >= 4 is 0 Å². The minimum Gasteiger partial charge on any atom is -0.431 e. The zero-order valence-corrected chi connectivity index (χ0v) is 28.7. The molecule has 6 aliphatic rings. The molecule has 2 saturated heterocycles. The smallest absolute Gasteiger partial charge is 0.335 e. The van der Waals surface area contributed by atoms with E-state index in [-0.39, 0.29) is 23.2 Å². The van der Waals surface area contributed by atoms with Crippen LogP contribution in [0.4, 0.5) is 0 Å². The molecule has 18 atom stereocenters. The molecule has 8 N–H and O–H groups in total. The maximum atomic E-state index is 12.6. The lowest BCUT2D eigenvalue weighted by Gasteiger charge is -2.63. The van der Waals surface area contributed by atoms with Crippen LogP contribution in [0.3, 0.4) is 0 Å². The van der Waals surface area contributed by atoms with Gasteiger partial charge in [-0.25, -0.2) is 4.79 Å². The molecule has 18 unspecified atom stereocenters. The first-order valence-electron chi connectivity index (χ1n) is 18.0. The Labute approximate surface area is 290 Å². The number of aliphatic hydroxyl groups excluding tert-OH is 7. The summed E-state index contributed by atoms with van der Waals surface area (Å²) in [6.07, 6.45) is -7.45. The Morgan fingerprint density at radius 1 is 0.860 bits per heavy atom. The summed E-state index contributed by atoms with van der Waals surface area (Å²) in [5, 5.41) is 86.8. The topological polar surface area (TPSA) is 229 Å². The normalized spacial score (nSPS) is 52.1. The SMILES string of the molecule is CC1OC(OC2C=C3CCC4C(CC(O)C5(C)C(c6ccc(=O)oc6)CCC45O)C3(C)CC2)C(OC2OC(CO)C(O)C(O)C2O)C(O)C1O. The molecule has 5 fully saturated rings. The maximum Gasteiger partial charge on any atom is 0.335 e. The highest BCUT2D eigenvalue weighted by atomic mass is 16.8. The lowest BCUT2D eigenvalue weighted by atomic mass is 9.44. The van der Waals surface area contributed by atoms with Gasteiger partial charge in [0.05, 0.1) is 36.8 Å². The van der Waals surface area contributed by atoms with Crippen LogP contribution in [0, 0.1) is 22.7 Å². The molecule has 280 valence electrons. The quantitative estimate of drug-likeness (QED) is 0.179. The summed E-state index contributed by atoms with van der Waals surface area (Å²) < 4.78 is 29.0. The monoisotopic (exact) mass is 708 g/mol. The van der Waals surface area contributed by atoms with Crippen LogP contribution in [0.15, 0.2) is 39.3 Å². The van der Waals surface area contributed by atoms with Crippen LogP contribution in [0.25, 0.3) is 0 Å². The van der Waals surface area contributed by atoms with E-state index in [2.05, 4.69) is 13.0 Å². The number of fused-ring (bicyclic) bond motifs is 5. The van der Waals surface area contributed by atoms with E-state index in [1.807, 2.05) is 6.92 Å². The van der Waals surface area contributed by atoms with Crippen LogP contribution >= 0.6 is 0 Å². The van der Waals surface area contributed by atoms with Gasteiger partial charge >= 0.3 is 5.63 Å². The first-order valence-corrected chi connectivity index (χ1v) is 18.0. The second kappa shape index (κ2) is 13.3. The predicted molar refractivity (Wildman–Crippen MR) is 172 cm³/mol. The Kier molecular flexibility index (Phi) is 9.69. The third-order valence-electron chi connectivity index (χ3n) is 13.7. The molecule has 7 rings (SSSR count). The molecular formula is C36H52O14. The number of rotatable bonds is 6. The molecule has 0 aromatic carbocycles. The first-order chi connectivity index (χ1) is 23.6. The molecule has 0 radical (unpaired) electrons. The van der Waals surface area contributed by atoms with Gasteiger partial charge in [-0.15, -0.1) is 0 Å². The van der Waals surface area contributed by atoms with E-state index in [0.717, 1.165) is 17.6 Å². The second-order valence-corrected chi connectivity index (χ2v) is 16.0. The van der Waals surface area contributed by atoms with Gasteiger partial charge in [-0.3, -0.25) is 0 Å². The molecule has 14 nitrogen and oxygen atoms in total. The molecular weight excluding hydrogens is 656 g/mol. The zero-order chi connectivity index (χ0) is 35.9. The lowest BCUT2D eigenvalue weighted by molar-refractivity contribution is -0.367. The summed E-state index contributed by atoms with van der Waals surface area (Å²) >= 11 is 0. The van der Waals surface area contributed by atoms with Crippen molar-refractivity contribution in [2.75, 3.05) is 6.61 Å². The van der Waals surface area contributed by atoms with E-state index >= 15 is 0 Å². The van der Waals surface area contributed by atoms with Gasteiger partial charge < -0.3 is 64.2 Å². The van der Waals surface area contributed by atoms with Crippen LogP contribution in [0.2, 0.25) is 0 Å². The third-order valence-corrected chi connectivity index (χ3v) is 13.7. The van der Waals surface area contributed by atoms with E-state index in [0.29, 0.717) is 38.5 Å². The number of hydrogen-bond acceptors (Lipinski definition) is 14. The van der Waals surface area contributed by atoms with Gasteiger partial charge in [0.15, 0.2) is 12.6 Å². The molecule has 2 aliphatic heterocycles. The van der Waals surface area contributed by atoms with Crippen molar-refractivity contribution < 1.29 is 64.2 Å². The summed E-state index contributed by atoms with van der Waals surface area (Å²) in [6, 6.07) is 3.13. The fourth-order valence-electron chi connectivity index (χ4n) is 10.6. The van der Waals surface area contributed by atoms with Gasteiger partial charge in [-0.05, 0) is 86.7 Å². The first kappa shape index (κ1) is 36.6. The van der Waals surface area contributed by atoms with Crippen molar-refractivity contribution in [2.24, 2.45) is 22.7 Å². The van der Waals surface area contributed by atoms with Crippen LogP contribution in [-0.4, -0.2) is 127 Å². The molecule has 14 heteroatoms. The Balaban J connectivity index is 1.10. The van der Waals surface area contributed by atoms with E-state index < -0.39 is 96.9 Å². The second-order valence-electron chi connectivity index (χ2n) is 16.0. The summed E-state index contributed by atoms with van der Waals surface area (Å²) in [4.78, 5) is 11.7. The highest BCUT2D eigenvalue weighted by molar-refractivity contribution is 5.32. The van der Waals surface area contributed by atoms with Crippen LogP contribution in [0.5, 0.6) is 0 Å². The summed E-state index contributed by atoms with van der Waals surface area (Å²) in [5.41, 5.74) is -0.721. The van der Waals surface area contributed by atoms with E-state index in [1.165, 1.54) is 12.3 Å². The van der Waals surface area contributed by atoms with Crippen LogP contribution in [0.1, 0.15) is 77.2 Å². The Morgan fingerprint density at radius 3 is 2.32 bits per heavy atom. The van der Waals surface area contributed by atoms with Crippen LogP contribution < -0.4 is 5.63 Å². The minimum absolute atomic E-state index is 0.00849. The number of hydrogen-bond donors (Lipinski definition) is 8. The number of allylic oxidation sites excluding steroid dienone is 1. The molecule has 3 heterocycles. The highest BCUT2D eigenvalue weighted by Gasteiger charge is 2.70. The van der Waals surface area contributed by atoms with Gasteiger partial charge in [-0.1, -0.05) is 25.5 Å². The van der Waals surface area contributed by atoms with Crippen molar-refractivity contribution in [3.8, 4) is 0 Å². The standard InChI is InChI=1S/C36H52O14/c1-16-26(40)29(43)31(50-32-30(44)28(42)27(41)23(14-37)49-32)33(47-16)48-19-8-10-34(2)18(12-19)5-6-21-22(34)13-24(38)35(3)20(9-11-36(21,35)45)17-4-7-25(39)46-15-17/h4,7,12,15-16,19-24,26-33,37-38,40-45H,5-6,8-11,13-14H2,1-3H3. The molecule has 1 aromatic heterocycles. The maximum absolute atomic E-state index is 12.6. The minimum atomic E-state index is -1.73. The average molecular weight is 709 g/mol. The van der Waals surface area contributed by atoms with Crippen molar-refractivity contribution in [3.63, 3.8) is 0 Å². The van der Waals surface area contributed by atoms with E-state index in [1.54, 1.807) is 13.0 Å². The summed E-state index contributed by atoms with van der Waals surface area (Å²) in [5.74, 6) is -0.201. The summed E-state index contributed by atoms with van der Waals surface area (Å²) in [7, 11) is 0. The third kappa shape index (κ3) is 5.57. The number of aliphatic hydroxyl groups is 8. The molecule has 0 bridgehead atoms.